The molecule has 4 rings (SSSR count). The average Bonchev–Trinajstić information content (AvgIpc) is 2.78. The highest BCUT2D eigenvalue weighted by Gasteiger charge is 2.49. The van der Waals surface area contributed by atoms with E-state index in [-0.39, 0.29) is 5.41 Å². The summed E-state index contributed by atoms with van der Waals surface area (Å²) in [7, 11) is 1.96. The van der Waals surface area contributed by atoms with E-state index in [9.17, 15) is 14.7 Å². The first-order valence-corrected chi connectivity index (χ1v) is 8.08. The third-order valence-corrected chi connectivity index (χ3v) is 5.39. The average molecular weight is 321 g/mol. The van der Waals surface area contributed by atoms with Gasteiger partial charge in [-0.1, -0.05) is 50.3 Å². The number of likely N-dealkylation sites (N-methyl/N-ethyl adjacent to an activating group) is 1. The summed E-state index contributed by atoms with van der Waals surface area (Å²) in [6, 6.07) is 12.4. The summed E-state index contributed by atoms with van der Waals surface area (Å²) in [5.74, 6) is -1.91. The Labute approximate surface area is 140 Å². The van der Waals surface area contributed by atoms with Gasteiger partial charge in [0.1, 0.15) is 6.10 Å². The Morgan fingerprint density at radius 2 is 1.79 bits per heavy atom. The third-order valence-electron chi connectivity index (χ3n) is 5.39. The summed E-state index contributed by atoms with van der Waals surface area (Å²) in [6.07, 6.45) is 0.568. The molecule has 24 heavy (non-hydrogen) atoms. The van der Waals surface area contributed by atoms with Gasteiger partial charge in [0.2, 0.25) is 11.6 Å². The molecule has 0 aromatic heterocycles. The van der Waals surface area contributed by atoms with Crippen LogP contribution in [0.25, 0.3) is 10.8 Å². The van der Waals surface area contributed by atoms with Gasteiger partial charge in [0.15, 0.2) is 0 Å². The molecular formula is C20H19NO3. The lowest BCUT2D eigenvalue weighted by atomic mass is 9.75. The van der Waals surface area contributed by atoms with Gasteiger partial charge in [0.25, 0.3) is 0 Å². The molecule has 2 atom stereocenters. The molecule has 1 aliphatic heterocycles. The molecule has 4 nitrogen and oxygen atoms in total. The number of allylic oxidation sites excluding steroid dienone is 1. The van der Waals surface area contributed by atoms with Crippen molar-refractivity contribution in [1.29, 1.82) is 0 Å². The number of fused-ring (bicyclic) bond motifs is 3. The lowest BCUT2D eigenvalue weighted by Crippen LogP contribution is -2.52. The van der Waals surface area contributed by atoms with Crippen molar-refractivity contribution in [1.82, 2.24) is 0 Å². The number of rotatable bonds is 1. The van der Waals surface area contributed by atoms with Gasteiger partial charge in [-0.05, 0) is 22.4 Å². The second-order valence-corrected chi connectivity index (χ2v) is 7.12. The van der Waals surface area contributed by atoms with E-state index < -0.39 is 23.6 Å². The zero-order valence-electron chi connectivity index (χ0n) is 13.9. The first kappa shape index (κ1) is 15.1. The van der Waals surface area contributed by atoms with Gasteiger partial charge in [-0.15, -0.1) is 0 Å². The Balaban J connectivity index is 1.89. The molecule has 1 N–H and O–H groups in total. The highest BCUT2D eigenvalue weighted by atomic mass is 16.3. The van der Waals surface area contributed by atoms with E-state index in [4.69, 9.17) is 0 Å². The number of carbonyl (C=O) groups excluding carboxylic acids is 2. The summed E-state index contributed by atoms with van der Waals surface area (Å²) >= 11 is 0. The molecular weight excluding hydrogens is 302 g/mol. The zero-order chi connectivity index (χ0) is 17.2. The van der Waals surface area contributed by atoms with E-state index in [1.54, 1.807) is 6.08 Å². The fraction of sp³-hybridized carbons (Fsp3) is 0.300. The molecule has 1 fully saturated rings. The first-order chi connectivity index (χ1) is 11.3. The minimum Gasteiger partial charge on any atom is -0.384 e. The summed E-state index contributed by atoms with van der Waals surface area (Å²) < 4.78 is 0. The minimum absolute atomic E-state index is 0.316. The standard InChI is InChI=1S/C20H19NO3/c1-20(2)15(10-13-17(22)19(24)18(13)23)21(3)14-9-8-11-6-4-5-7-12(11)16(14)20/h4-10,13,17,22H,1-3H3. The molecule has 0 saturated heterocycles. The Hall–Kier alpha value is -2.46. The number of nitrogens with zero attached hydrogens (tertiary/aromatic N) is 1. The van der Waals surface area contributed by atoms with E-state index in [0.717, 1.165) is 11.4 Å². The predicted molar refractivity (Wildman–Crippen MR) is 93.0 cm³/mol. The third kappa shape index (κ3) is 1.77. The summed E-state index contributed by atoms with van der Waals surface area (Å²) in [5, 5.41) is 12.2. The molecule has 122 valence electrons. The van der Waals surface area contributed by atoms with E-state index in [2.05, 4.69) is 43.0 Å². The highest BCUT2D eigenvalue weighted by Crippen LogP contribution is 2.50. The van der Waals surface area contributed by atoms with Gasteiger partial charge in [-0.2, -0.15) is 0 Å². The highest BCUT2D eigenvalue weighted by molar-refractivity contribution is 6.47. The fourth-order valence-corrected chi connectivity index (χ4v) is 4.05. The van der Waals surface area contributed by atoms with Crippen molar-refractivity contribution in [2.45, 2.75) is 25.4 Å². The van der Waals surface area contributed by atoms with E-state index in [1.807, 2.05) is 19.2 Å². The summed E-state index contributed by atoms with van der Waals surface area (Å²) in [5.41, 5.74) is 2.93. The van der Waals surface area contributed by atoms with Crippen LogP contribution in [0.1, 0.15) is 19.4 Å². The summed E-state index contributed by atoms with van der Waals surface area (Å²) in [4.78, 5) is 25.2. The quantitative estimate of drug-likeness (QED) is 0.820. The van der Waals surface area contributed by atoms with Crippen LogP contribution in [0.15, 0.2) is 48.2 Å². The second-order valence-electron chi connectivity index (χ2n) is 7.12. The van der Waals surface area contributed by atoms with Crippen molar-refractivity contribution >= 4 is 28.0 Å². The van der Waals surface area contributed by atoms with Crippen LogP contribution in [-0.4, -0.2) is 29.8 Å². The van der Waals surface area contributed by atoms with Gasteiger partial charge in [-0.3, -0.25) is 9.59 Å². The molecule has 4 heteroatoms. The van der Waals surface area contributed by atoms with Gasteiger partial charge < -0.3 is 10.0 Å². The predicted octanol–water partition coefficient (Wildman–Crippen LogP) is 2.58. The van der Waals surface area contributed by atoms with Crippen molar-refractivity contribution in [2.24, 2.45) is 5.92 Å². The molecule has 2 aliphatic rings. The van der Waals surface area contributed by atoms with Crippen LogP contribution in [0.3, 0.4) is 0 Å². The van der Waals surface area contributed by atoms with Crippen LogP contribution in [-0.2, 0) is 15.0 Å². The number of aliphatic hydroxyl groups excluding tert-OH is 1. The van der Waals surface area contributed by atoms with Crippen LogP contribution < -0.4 is 4.90 Å². The fourth-order valence-electron chi connectivity index (χ4n) is 4.05. The molecule has 2 unspecified atom stereocenters. The molecule has 1 saturated carbocycles. The lowest BCUT2D eigenvalue weighted by Gasteiger charge is -2.31. The zero-order valence-corrected chi connectivity index (χ0v) is 13.9. The topological polar surface area (TPSA) is 57.6 Å². The SMILES string of the molecule is CN1C(=CC2C(=O)C(=O)C2O)C(C)(C)c2c1ccc1ccccc21. The monoisotopic (exact) mass is 321 g/mol. The number of aliphatic hydroxyl groups is 1. The molecule has 2 aromatic rings. The lowest BCUT2D eigenvalue weighted by molar-refractivity contribution is -0.155. The van der Waals surface area contributed by atoms with Crippen LogP contribution in [0.2, 0.25) is 0 Å². The van der Waals surface area contributed by atoms with Gasteiger partial charge in [0.05, 0.1) is 5.92 Å². The number of hydrogen-bond donors (Lipinski definition) is 1. The number of anilines is 1. The summed E-state index contributed by atoms with van der Waals surface area (Å²) in [6.45, 7) is 4.23. The minimum atomic E-state index is -1.20. The van der Waals surface area contributed by atoms with E-state index in [0.29, 0.717) is 0 Å². The Bertz CT molecular complexity index is 926. The molecule has 1 heterocycles. The van der Waals surface area contributed by atoms with Crippen molar-refractivity contribution < 1.29 is 14.7 Å². The van der Waals surface area contributed by atoms with Crippen molar-refractivity contribution in [3.8, 4) is 0 Å². The molecule has 0 radical (unpaired) electrons. The smallest absolute Gasteiger partial charge is 0.228 e. The number of carbonyl (C=O) groups is 2. The normalized spacial score (nSPS) is 26.8. The molecule has 0 spiro atoms. The number of ketones is 2. The van der Waals surface area contributed by atoms with Gasteiger partial charge >= 0.3 is 0 Å². The Morgan fingerprint density at radius 3 is 2.50 bits per heavy atom. The van der Waals surface area contributed by atoms with E-state index in [1.165, 1.54) is 16.3 Å². The van der Waals surface area contributed by atoms with Crippen molar-refractivity contribution in [3.05, 3.63) is 53.7 Å². The number of benzene rings is 2. The maximum Gasteiger partial charge on any atom is 0.228 e. The largest absolute Gasteiger partial charge is 0.384 e. The Morgan fingerprint density at radius 1 is 1.08 bits per heavy atom. The van der Waals surface area contributed by atoms with Crippen LogP contribution in [0.5, 0.6) is 0 Å². The van der Waals surface area contributed by atoms with Crippen LogP contribution >= 0.6 is 0 Å². The van der Waals surface area contributed by atoms with Crippen molar-refractivity contribution in [3.63, 3.8) is 0 Å². The molecule has 0 bridgehead atoms. The van der Waals surface area contributed by atoms with E-state index >= 15 is 0 Å². The maximum absolute atomic E-state index is 11.8. The first-order valence-electron chi connectivity index (χ1n) is 8.08. The second kappa shape index (κ2) is 4.77. The van der Waals surface area contributed by atoms with Crippen LogP contribution in [0, 0.1) is 5.92 Å². The number of hydrogen-bond acceptors (Lipinski definition) is 4. The molecule has 2 aromatic carbocycles. The van der Waals surface area contributed by atoms with Gasteiger partial charge in [0, 0.05) is 23.8 Å². The maximum atomic E-state index is 11.8. The molecule has 1 aliphatic carbocycles. The van der Waals surface area contributed by atoms with Crippen molar-refractivity contribution in [2.75, 3.05) is 11.9 Å². The van der Waals surface area contributed by atoms with Crippen LogP contribution in [0.4, 0.5) is 5.69 Å². The number of Topliss-reactive ketones (excluding diaryl/α,β-unsaturated/α-hetero) is 2. The molecule has 0 amide bonds. The van der Waals surface area contributed by atoms with Gasteiger partial charge in [-0.25, -0.2) is 0 Å². The Kier molecular flexibility index (Phi) is 3.00.